The first-order chi connectivity index (χ1) is 13.5. The van der Waals surface area contributed by atoms with E-state index in [9.17, 15) is 14.9 Å². The Balaban J connectivity index is 1.96. The normalized spacial score (nSPS) is 11.4. The van der Waals surface area contributed by atoms with E-state index < -0.39 is 5.97 Å². The van der Waals surface area contributed by atoms with E-state index in [1.54, 1.807) is 13.8 Å². The van der Waals surface area contributed by atoms with Crippen LogP contribution in [0.15, 0.2) is 41.4 Å². The van der Waals surface area contributed by atoms with E-state index in [2.05, 4.69) is 17.2 Å². The van der Waals surface area contributed by atoms with Crippen molar-refractivity contribution in [2.45, 2.75) is 31.7 Å². The second-order valence-corrected chi connectivity index (χ2v) is 7.17. The number of hydrogen-bond donors (Lipinski definition) is 1. The van der Waals surface area contributed by atoms with Crippen LogP contribution in [-0.2, 0) is 9.53 Å². The number of rotatable bonds is 8. The van der Waals surface area contributed by atoms with Gasteiger partial charge >= 0.3 is 5.97 Å². The molecule has 0 bridgehead atoms. The van der Waals surface area contributed by atoms with Crippen LogP contribution in [0.3, 0.4) is 0 Å². The topological polar surface area (TPSA) is 92.1 Å². The highest BCUT2D eigenvalue weighted by molar-refractivity contribution is 8.00. The van der Waals surface area contributed by atoms with E-state index in [1.165, 1.54) is 17.8 Å². The van der Waals surface area contributed by atoms with Crippen molar-refractivity contribution in [1.82, 2.24) is 10.3 Å². The summed E-state index contributed by atoms with van der Waals surface area (Å²) in [5.41, 5.74) is 2.15. The molecule has 1 heterocycles. The fourth-order valence-corrected chi connectivity index (χ4v) is 3.37. The van der Waals surface area contributed by atoms with Crippen molar-refractivity contribution in [2.75, 3.05) is 18.9 Å². The molecule has 0 aliphatic rings. The molecule has 1 atom stereocenters. The van der Waals surface area contributed by atoms with Gasteiger partial charge in [-0.05, 0) is 31.4 Å². The van der Waals surface area contributed by atoms with Crippen molar-refractivity contribution < 1.29 is 14.3 Å². The minimum Gasteiger partial charge on any atom is -0.462 e. The molecule has 146 valence electrons. The third kappa shape index (κ3) is 5.83. The van der Waals surface area contributed by atoms with E-state index in [0.29, 0.717) is 17.3 Å². The Hall–Kier alpha value is -2.85. The zero-order chi connectivity index (χ0) is 20.5. The van der Waals surface area contributed by atoms with Crippen molar-refractivity contribution in [3.63, 3.8) is 0 Å². The average Bonchev–Trinajstić information content (AvgIpc) is 2.71. The Bertz CT molecular complexity index is 878. The van der Waals surface area contributed by atoms with Crippen LogP contribution in [0.25, 0.3) is 0 Å². The molecule has 0 saturated heterocycles. The number of carbonyl (C=O) groups excluding carboxylic acids is 2. The highest BCUT2D eigenvalue weighted by Crippen LogP contribution is 2.23. The number of hydrogen-bond acceptors (Lipinski definition) is 6. The zero-order valence-electron chi connectivity index (χ0n) is 16.2. The molecule has 2 rings (SSSR count). The fraction of sp³-hybridized carbons (Fsp3) is 0.333. The number of thioether (sulfide) groups is 1. The lowest BCUT2D eigenvalue weighted by molar-refractivity contribution is -0.118. The van der Waals surface area contributed by atoms with Gasteiger partial charge in [0.25, 0.3) is 0 Å². The van der Waals surface area contributed by atoms with Gasteiger partial charge in [-0.1, -0.05) is 49.0 Å². The maximum absolute atomic E-state index is 12.2. The monoisotopic (exact) mass is 397 g/mol. The van der Waals surface area contributed by atoms with Crippen LogP contribution >= 0.6 is 11.8 Å². The maximum Gasteiger partial charge on any atom is 0.340 e. The van der Waals surface area contributed by atoms with Crippen LogP contribution in [0, 0.1) is 18.3 Å². The molecule has 6 nitrogen and oxygen atoms in total. The summed E-state index contributed by atoms with van der Waals surface area (Å²) in [6, 6.07) is 13.5. The summed E-state index contributed by atoms with van der Waals surface area (Å²) in [5, 5.41) is 12.7. The molecule has 2 aromatic rings. The second-order valence-electron chi connectivity index (χ2n) is 6.21. The van der Waals surface area contributed by atoms with Gasteiger partial charge in [0.1, 0.15) is 11.1 Å². The number of carbonyl (C=O) groups is 2. The van der Waals surface area contributed by atoms with E-state index in [4.69, 9.17) is 4.74 Å². The summed E-state index contributed by atoms with van der Waals surface area (Å²) >= 11 is 1.18. The summed E-state index contributed by atoms with van der Waals surface area (Å²) in [4.78, 5) is 28.4. The largest absolute Gasteiger partial charge is 0.462 e. The molecule has 28 heavy (non-hydrogen) atoms. The van der Waals surface area contributed by atoms with Gasteiger partial charge < -0.3 is 10.1 Å². The van der Waals surface area contributed by atoms with Gasteiger partial charge in [0.2, 0.25) is 5.91 Å². The number of ether oxygens (including phenoxy) is 1. The van der Waals surface area contributed by atoms with Crippen LogP contribution in [0.2, 0.25) is 0 Å². The highest BCUT2D eigenvalue weighted by atomic mass is 32.2. The van der Waals surface area contributed by atoms with E-state index in [-0.39, 0.29) is 35.3 Å². The number of aryl methyl sites for hydroxylation is 1. The maximum atomic E-state index is 12.2. The Morgan fingerprint density at radius 1 is 1.32 bits per heavy atom. The molecule has 0 spiro atoms. The van der Waals surface area contributed by atoms with Crippen LogP contribution in [0.1, 0.15) is 46.9 Å². The zero-order valence-corrected chi connectivity index (χ0v) is 17.0. The van der Waals surface area contributed by atoms with Crippen molar-refractivity contribution in [3.8, 4) is 6.07 Å². The molecular formula is C21H23N3O3S. The smallest absolute Gasteiger partial charge is 0.340 e. The highest BCUT2D eigenvalue weighted by Gasteiger charge is 2.17. The van der Waals surface area contributed by atoms with Gasteiger partial charge in [0, 0.05) is 6.54 Å². The minimum atomic E-state index is -0.506. The molecule has 0 unspecified atom stereocenters. The molecule has 0 fully saturated rings. The number of nitrogens with one attached hydrogen (secondary N) is 1. The summed E-state index contributed by atoms with van der Waals surface area (Å²) in [6.45, 7) is 6.23. The van der Waals surface area contributed by atoms with Crippen molar-refractivity contribution >= 4 is 23.6 Å². The van der Waals surface area contributed by atoms with E-state index in [1.807, 2.05) is 36.4 Å². The standard InChI is InChI=1S/C21H23N3O3S/c1-4-27-21(26)18-10-17(11-22)20(24-15(18)3)28-13-19(25)23-12-14(2)16-8-6-5-7-9-16/h5-10,14H,4,12-13H2,1-3H3,(H,23,25)/t14-/m0/s1. The lowest BCUT2D eigenvalue weighted by atomic mass is 10.0. The molecule has 0 radical (unpaired) electrons. The summed E-state index contributed by atoms with van der Waals surface area (Å²) in [6.07, 6.45) is 0. The molecule has 0 saturated carbocycles. The first-order valence-corrected chi connectivity index (χ1v) is 9.98. The molecule has 1 aromatic carbocycles. The summed E-state index contributed by atoms with van der Waals surface area (Å²) in [7, 11) is 0. The number of nitrogens with zero attached hydrogens (tertiary/aromatic N) is 2. The van der Waals surface area contributed by atoms with Gasteiger partial charge in [0.15, 0.2) is 0 Å². The Kier molecular flexibility index (Phi) is 8.02. The van der Waals surface area contributed by atoms with E-state index >= 15 is 0 Å². The van der Waals surface area contributed by atoms with Crippen LogP contribution in [0.4, 0.5) is 0 Å². The molecule has 1 aromatic heterocycles. The third-order valence-corrected chi connectivity index (χ3v) is 5.10. The van der Waals surface area contributed by atoms with Gasteiger partial charge in [0.05, 0.1) is 29.2 Å². The summed E-state index contributed by atoms with van der Waals surface area (Å²) < 4.78 is 4.98. The van der Waals surface area contributed by atoms with E-state index in [0.717, 1.165) is 5.56 Å². The van der Waals surface area contributed by atoms with Crippen LogP contribution in [0.5, 0.6) is 0 Å². The van der Waals surface area contributed by atoms with Crippen LogP contribution in [-0.4, -0.2) is 35.8 Å². The van der Waals surface area contributed by atoms with Crippen LogP contribution < -0.4 is 5.32 Å². The number of aromatic nitrogens is 1. The van der Waals surface area contributed by atoms with Crippen molar-refractivity contribution in [1.29, 1.82) is 5.26 Å². The lowest BCUT2D eigenvalue weighted by Crippen LogP contribution is -2.29. The molecule has 0 aliphatic carbocycles. The van der Waals surface area contributed by atoms with Gasteiger partial charge in [-0.15, -0.1) is 0 Å². The SMILES string of the molecule is CCOC(=O)c1cc(C#N)c(SCC(=O)NC[C@H](C)c2ccccc2)nc1C. The van der Waals surface area contributed by atoms with Gasteiger partial charge in [-0.25, -0.2) is 9.78 Å². The number of pyridine rings is 1. The van der Waals surface area contributed by atoms with Crippen molar-refractivity contribution in [3.05, 3.63) is 58.8 Å². The Morgan fingerprint density at radius 3 is 2.68 bits per heavy atom. The second kappa shape index (κ2) is 10.5. The molecule has 1 N–H and O–H groups in total. The predicted molar refractivity (Wildman–Crippen MR) is 108 cm³/mol. The third-order valence-electron chi connectivity index (χ3n) is 4.11. The first kappa shape index (κ1) is 21.5. The lowest BCUT2D eigenvalue weighted by Gasteiger charge is -2.13. The summed E-state index contributed by atoms with van der Waals surface area (Å²) in [5.74, 6) is -0.297. The number of esters is 1. The Morgan fingerprint density at radius 2 is 2.04 bits per heavy atom. The predicted octanol–water partition coefficient (Wildman–Crippen LogP) is 3.45. The average molecular weight is 398 g/mol. The quantitative estimate of drug-likeness (QED) is 0.542. The molecule has 7 heteroatoms. The minimum absolute atomic E-state index is 0.134. The Labute approximate surface area is 169 Å². The molecular weight excluding hydrogens is 374 g/mol. The number of nitriles is 1. The number of benzene rings is 1. The van der Waals surface area contributed by atoms with Crippen molar-refractivity contribution in [2.24, 2.45) is 0 Å². The molecule has 0 aliphatic heterocycles. The number of amides is 1. The van der Waals surface area contributed by atoms with Gasteiger partial charge in [-0.3, -0.25) is 4.79 Å². The fourth-order valence-electron chi connectivity index (χ4n) is 2.54. The van der Waals surface area contributed by atoms with Gasteiger partial charge in [-0.2, -0.15) is 5.26 Å². The first-order valence-electron chi connectivity index (χ1n) is 8.99. The molecule has 1 amide bonds.